The van der Waals surface area contributed by atoms with Crippen LogP contribution in [0.4, 0.5) is 0 Å². The van der Waals surface area contributed by atoms with Gasteiger partial charge >= 0.3 is 0 Å². The third kappa shape index (κ3) is 5.36. The molecule has 0 atom stereocenters. The molecule has 1 aliphatic carbocycles. The molecule has 4 heteroatoms. The van der Waals surface area contributed by atoms with E-state index in [1.165, 1.54) is 0 Å². The van der Waals surface area contributed by atoms with Crippen LogP contribution in [0, 0.1) is 5.92 Å². The molecule has 1 rings (SSSR count). The summed E-state index contributed by atoms with van der Waals surface area (Å²) in [4.78, 5) is 14.2. The first-order chi connectivity index (χ1) is 8.50. The first-order valence-corrected chi connectivity index (χ1v) is 7.24. The summed E-state index contributed by atoms with van der Waals surface area (Å²) in [6.07, 6.45) is 4.92. The Bertz CT molecular complexity index is 247. The Morgan fingerprint density at radius 1 is 1.33 bits per heavy atom. The zero-order valence-corrected chi connectivity index (χ0v) is 12.1. The predicted molar refractivity (Wildman–Crippen MR) is 75.3 cm³/mol. The van der Waals surface area contributed by atoms with Gasteiger partial charge in [0, 0.05) is 24.5 Å². The summed E-state index contributed by atoms with van der Waals surface area (Å²) in [5.74, 6) is 0.432. The largest absolute Gasteiger partial charge is 0.356 e. The number of hydrogen-bond donors (Lipinski definition) is 2. The lowest BCUT2D eigenvalue weighted by Crippen LogP contribution is -2.37. The molecule has 18 heavy (non-hydrogen) atoms. The highest BCUT2D eigenvalue weighted by Gasteiger charge is 2.23. The van der Waals surface area contributed by atoms with Gasteiger partial charge < -0.3 is 16.0 Å². The highest BCUT2D eigenvalue weighted by molar-refractivity contribution is 5.78. The van der Waals surface area contributed by atoms with Gasteiger partial charge in [0.2, 0.25) is 5.91 Å². The van der Waals surface area contributed by atoms with Crippen LogP contribution in [-0.2, 0) is 4.79 Å². The van der Waals surface area contributed by atoms with E-state index in [4.69, 9.17) is 5.73 Å². The minimum Gasteiger partial charge on any atom is -0.356 e. The third-order valence-corrected chi connectivity index (χ3v) is 4.01. The molecule has 3 N–H and O–H groups in total. The maximum absolute atomic E-state index is 11.9. The van der Waals surface area contributed by atoms with Gasteiger partial charge in [-0.05, 0) is 59.5 Å². The monoisotopic (exact) mass is 255 g/mol. The number of nitrogens with one attached hydrogen (secondary N) is 1. The van der Waals surface area contributed by atoms with E-state index < -0.39 is 0 Å². The number of amides is 1. The average Bonchev–Trinajstić information content (AvgIpc) is 2.34. The number of nitrogens with two attached hydrogens (primary N) is 1. The van der Waals surface area contributed by atoms with Gasteiger partial charge in [0.1, 0.15) is 0 Å². The normalized spacial score (nSPS) is 24.6. The minimum absolute atomic E-state index is 0.202. The predicted octanol–water partition coefficient (Wildman–Crippen LogP) is 1.35. The Kier molecular flexibility index (Phi) is 6.65. The van der Waals surface area contributed by atoms with E-state index in [0.717, 1.165) is 45.2 Å². The molecule has 0 bridgehead atoms. The van der Waals surface area contributed by atoms with E-state index in [2.05, 4.69) is 31.1 Å². The molecule has 0 saturated heterocycles. The SMILES string of the molecule is CC(C)N(C)CCCNC(=O)C1CCC(N)CC1. The van der Waals surface area contributed by atoms with Crippen LogP contribution >= 0.6 is 0 Å². The maximum atomic E-state index is 11.9. The zero-order valence-electron chi connectivity index (χ0n) is 12.1. The molecule has 0 aromatic carbocycles. The first-order valence-electron chi connectivity index (χ1n) is 7.24. The van der Waals surface area contributed by atoms with E-state index >= 15 is 0 Å². The molecule has 0 aliphatic heterocycles. The lowest BCUT2D eigenvalue weighted by atomic mass is 9.86. The summed E-state index contributed by atoms with van der Waals surface area (Å²) in [5, 5.41) is 3.06. The number of carbonyl (C=O) groups excluding carboxylic acids is 1. The molecule has 0 spiro atoms. The van der Waals surface area contributed by atoms with Gasteiger partial charge in [-0.3, -0.25) is 4.79 Å². The summed E-state index contributed by atoms with van der Waals surface area (Å²) < 4.78 is 0. The fraction of sp³-hybridized carbons (Fsp3) is 0.929. The Labute approximate surface area is 111 Å². The summed E-state index contributed by atoms with van der Waals surface area (Å²) in [5.41, 5.74) is 5.84. The number of hydrogen-bond acceptors (Lipinski definition) is 3. The second-order valence-corrected chi connectivity index (χ2v) is 5.83. The average molecular weight is 255 g/mol. The summed E-state index contributed by atoms with van der Waals surface area (Å²) >= 11 is 0. The highest BCUT2D eigenvalue weighted by atomic mass is 16.1. The van der Waals surface area contributed by atoms with E-state index in [9.17, 15) is 4.79 Å². The number of carbonyl (C=O) groups is 1. The smallest absolute Gasteiger partial charge is 0.223 e. The summed E-state index contributed by atoms with van der Waals surface area (Å²) in [6.45, 7) is 6.19. The Morgan fingerprint density at radius 2 is 1.94 bits per heavy atom. The van der Waals surface area contributed by atoms with Crippen molar-refractivity contribution in [2.75, 3.05) is 20.1 Å². The molecule has 0 aromatic rings. The van der Waals surface area contributed by atoms with Gasteiger partial charge in [0.25, 0.3) is 0 Å². The van der Waals surface area contributed by atoms with Gasteiger partial charge in [0.05, 0.1) is 0 Å². The standard InChI is InChI=1S/C14H29N3O/c1-11(2)17(3)10-4-9-16-14(18)12-5-7-13(15)8-6-12/h11-13H,4-10,15H2,1-3H3,(H,16,18). The molecular formula is C14H29N3O. The van der Waals surface area contributed by atoms with E-state index in [0.29, 0.717) is 12.1 Å². The Hall–Kier alpha value is -0.610. The topological polar surface area (TPSA) is 58.4 Å². The van der Waals surface area contributed by atoms with Crippen molar-refractivity contribution in [3.8, 4) is 0 Å². The molecule has 1 saturated carbocycles. The number of nitrogens with zero attached hydrogens (tertiary/aromatic N) is 1. The van der Waals surface area contributed by atoms with Crippen molar-refractivity contribution in [3.05, 3.63) is 0 Å². The maximum Gasteiger partial charge on any atom is 0.223 e. The van der Waals surface area contributed by atoms with E-state index in [-0.39, 0.29) is 11.8 Å². The second-order valence-electron chi connectivity index (χ2n) is 5.83. The fourth-order valence-electron chi connectivity index (χ4n) is 2.32. The molecule has 4 nitrogen and oxygen atoms in total. The molecule has 0 heterocycles. The van der Waals surface area contributed by atoms with Crippen LogP contribution in [0.3, 0.4) is 0 Å². The highest BCUT2D eigenvalue weighted by Crippen LogP contribution is 2.22. The molecule has 0 radical (unpaired) electrons. The summed E-state index contributed by atoms with van der Waals surface area (Å²) in [7, 11) is 2.12. The lowest BCUT2D eigenvalue weighted by molar-refractivity contribution is -0.126. The van der Waals surface area contributed by atoms with Crippen molar-refractivity contribution < 1.29 is 4.79 Å². The second kappa shape index (κ2) is 7.74. The van der Waals surface area contributed by atoms with Gasteiger partial charge in [-0.2, -0.15) is 0 Å². The molecule has 0 unspecified atom stereocenters. The van der Waals surface area contributed by atoms with Crippen molar-refractivity contribution >= 4 is 5.91 Å². The molecule has 1 amide bonds. The molecule has 106 valence electrons. The van der Waals surface area contributed by atoms with Gasteiger partial charge in [0.15, 0.2) is 0 Å². The van der Waals surface area contributed by atoms with E-state index in [1.807, 2.05) is 0 Å². The molecule has 1 fully saturated rings. The van der Waals surface area contributed by atoms with Crippen molar-refractivity contribution in [3.63, 3.8) is 0 Å². The molecule has 0 aromatic heterocycles. The van der Waals surface area contributed by atoms with Crippen LogP contribution in [-0.4, -0.2) is 43.0 Å². The molecular weight excluding hydrogens is 226 g/mol. The van der Waals surface area contributed by atoms with Crippen LogP contribution in [0.1, 0.15) is 46.0 Å². The van der Waals surface area contributed by atoms with Crippen molar-refractivity contribution in [1.82, 2.24) is 10.2 Å². The molecule has 1 aliphatic rings. The van der Waals surface area contributed by atoms with Crippen molar-refractivity contribution in [2.45, 2.75) is 58.0 Å². The van der Waals surface area contributed by atoms with Crippen LogP contribution < -0.4 is 11.1 Å². The Morgan fingerprint density at radius 3 is 2.50 bits per heavy atom. The Balaban J connectivity index is 2.10. The van der Waals surface area contributed by atoms with Gasteiger partial charge in [-0.1, -0.05) is 0 Å². The quantitative estimate of drug-likeness (QED) is 0.704. The van der Waals surface area contributed by atoms with Crippen LogP contribution in [0.2, 0.25) is 0 Å². The number of rotatable bonds is 6. The van der Waals surface area contributed by atoms with Crippen molar-refractivity contribution in [2.24, 2.45) is 11.7 Å². The van der Waals surface area contributed by atoms with Crippen LogP contribution in [0.15, 0.2) is 0 Å². The lowest BCUT2D eigenvalue weighted by Gasteiger charge is -2.25. The van der Waals surface area contributed by atoms with Gasteiger partial charge in [-0.25, -0.2) is 0 Å². The minimum atomic E-state index is 0.202. The van der Waals surface area contributed by atoms with Crippen LogP contribution in [0.25, 0.3) is 0 Å². The van der Waals surface area contributed by atoms with E-state index in [1.54, 1.807) is 0 Å². The summed E-state index contributed by atoms with van der Waals surface area (Å²) in [6, 6.07) is 0.884. The van der Waals surface area contributed by atoms with Crippen LogP contribution in [0.5, 0.6) is 0 Å². The van der Waals surface area contributed by atoms with Crippen molar-refractivity contribution in [1.29, 1.82) is 0 Å². The zero-order chi connectivity index (χ0) is 13.5. The first kappa shape index (κ1) is 15.4. The third-order valence-electron chi connectivity index (χ3n) is 4.01. The van der Waals surface area contributed by atoms with Gasteiger partial charge in [-0.15, -0.1) is 0 Å². The fourth-order valence-corrected chi connectivity index (χ4v) is 2.32.